The Balaban J connectivity index is 1.47. The summed E-state index contributed by atoms with van der Waals surface area (Å²) in [6.07, 6.45) is 0.00162. The number of carbonyl (C=O) groups is 3. The van der Waals surface area contributed by atoms with Crippen molar-refractivity contribution in [1.82, 2.24) is 15.5 Å². The zero-order chi connectivity index (χ0) is 30.4. The summed E-state index contributed by atoms with van der Waals surface area (Å²) in [5.74, 6) is -0.582. The van der Waals surface area contributed by atoms with E-state index in [9.17, 15) is 19.5 Å². The van der Waals surface area contributed by atoms with E-state index in [-0.39, 0.29) is 31.9 Å². The number of carbonyl (C=O) groups excluding carboxylic acids is 3. The Labute approximate surface area is 251 Å². The Hall–Kier alpha value is -5.31. The number of primary amides is 1. The minimum Gasteiger partial charge on any atom is -0.508 e. The second kappa shape index (κ2) is 15.6. The fourth-order valence-corrected chi connectivity index (χ4v) is 4.69. The van der Waals surface area contributed by atoms with Crippen LogP contribution in [0.25, 0.3) is 0 Å². The lowest BCUT2D eigenvalue weighted by Crippen LogP contribution is -2.52. The molecule has 0 heterocycles. The molecule has 0 saturated heterocycles. The molecule has 0 radical (unpaired) electrons. The first-order chi connectivity index (χ1) is 20.9. The number of nitrogens with one attached hydrogen (secondary N) is 2. The summed E-state index contributed by atoms with van der Waals surface area (Å²) in [6, 6.07) is 32.9. The van der Waals surface area contributed by atoms with Gasteiger partial charge in [0.2, 0.25) is 5.91 Å². The van der Waals surface area contributed by atoms with E-state index in [1.54, 1.807) is 12.1 Å². The van der Waals surface area contributed by atoms with E-state index < -0.39 is 30.1 Å². The standard InChI is InChI=1S/C34H36N4O5/c35-32(40)30(17-10-22-36-34(42)43-24-26-11-4-1-5-12-26)38(23-25-18-20-29(39)21-19-25)33(41)37-31(27-13-6-2-7-14-27)28-15-8-3-9-16-28/h1-9,11-16,18-21,30-31,39H,10,17,22-24H2,(H2,35,40)(H,36,42)(H,37,41)/t30-/m1/s1. The molecule has 4 amide bonds. The number of phenolic OH excluding ortho intramolecular Hbond substituents is 1. The lowest BCUT2D eigenvalue weighted by molar-refractivity contribution is -0.122. The molecule has 9 heteroatoms. The lowest BCUT2D eigenvalue weighted by Gasteiger charge is -2.32. The number of hydrogen-bond acceptors (Lipinski definition) is 5. The van der Waals surface area contributed by atoms with Gasteiger partial charge in [-0.3, -0.25) is 4.79 Å². The molecule has 0 fully saturated rings. The summed E-state index contributed by atoms with van der Waals surface area (Å²) in [7, 11) is 0. The molecule has 4 rings (SSSR count). The summed E-state index contributed by atoms with van der Waals surface area (Å²) in [5.41, 5.74) is 9.17. The van der Waals surface area contributed by atoms with Crippen LogP contribution in [0.2, 0.25) is 0 Å². The highest BCUT2D eigenvalue weighted by molar-refractivity contribution is 5.86. The molecule has 4 aromatic carbocycles. The molecular weight excluding hydrogens is 544 g/mol. The monoisotopic (exact) mass is 580 g/mol. The number of alkyl carbamates (subject to hydrolysis) is 1. The van der Waals surface area contributed by atoms with Gasteiger partial charge in [-0.15, -0.1) is 0 Å². The summed E-state index contributed by atoms with van der Waals surface area (Å²) < 4.78 is 5.25. The van der Waals surface area contributed by atoms with Crippen molar-refractivity contribution in [2.75, 3.05) is 6.54 Å². The quantitative estimate of drug-likeness (QED) is 0.160. The van der Waals surface area contributed by atoms with Gasteiger partial charge in [-0.25, -0.2) is 9.59 Å². The van der Waals surface area contributed by atoms with Gasteiger partial charge in [-0.2, -0.15) is 0 Å². The number of benzene rings is 4. The van der Waals surface area contributed by atoms with E-state index in [2.05, 4.69) is 10.6 Å². The predicted octanol–water partition coefficient (Wildman–Crippen LogP) is 5.25. The topological polar surface area (TPSA) is 134 Å². The number of phenols is 1. The zero-order valence-electron chi connectivity index (χ0n) is 23.8. The number of amides is 4. The van der Waals surface area contributed by atoms with Gasteiger partial charge < -0.3 is 31.1 Å². The van der Waals surface area contributed by atoms with Gasteiger partial charge in [0, 0.05) is 13.1 Å². The Kier molecular flexibility index (Phi) is 11.1. The van der Waals surface area contributed by atoms with Gasteiger partial charge in [-0.1, -0.05) is 103 Å². The zero-order valence-corrected chi connectivity index (χ0v) is 23.8. The molecule has 1 atom stereocenters. The van der Waals surface area contributed by atoms with Crippen LogP contribution in [0.4, 0.5) is 9.59 Å². The molecule has 0 aromatic heterocycles. The Morgan fingerprint density at radius 1 is 0.767 bits per heavy atom. The van der Waals surface area contributed by atoms with E-state index in [1.807, 2.05) is 91.0 Å². The van der Waals surface area contributed by atoms with Crippen molar-refractivity contribution in [2.45, 2.75) is 38.1 Å². The Bertz CT molecular complexity index is 1410. The minimum atomic E-state index is -0.969. The van der Waals surface area contributed by atoms with E-state index in [4.69, 9.17) is 10.5 Å². The summed E-state index contributed by atoms with van der Waals surface area (Å²) in [6.45, 7) is 0.437. The highest BCUT2D eigenvalue weighted by atomic mass is 16.5. The van der Waals surface area contributed by atoms with Crippen LogP contribution in [-0.4, -0.2) is 40.6 Å². The van der Waals surface area contributed by atoms with Crippen LogP contribution in [0.1, 0.15) is 41.1 Å². The molecule has 0 aliphatic carbocycles. The van der Waals surface area contributed by atoms with Gasteiger partial charge in [0.05, 0.1) is 6.04 Å². The highest BCUT2D eigenvalue weighted by Gasteiger charge is 2.30. The number of nitrogens with two attached hydrogens (primary N) is 1. The molecular formula is C34H36N4O5. The first kappa shape index (κ1) is 30.6. The normalized spacial score (nSPS) is 11.4. The third kappa shape index (κ3) is 9.36. The minimum absolute atomic E-state index is 0.0720. The third-order valence-corrected chi connectivity index (χ3v) is 6.92. The lowest BCUT2D eigenvalue weighted by atomic mass is 9.99. The number of rotatable bonds is 13. The second-order valence-electron chi connectivity index (χ2n) is 10.0. The molecule has 5 N–H and O–H groups in total. The summed E-state index contributed by atoms with van der Waals surface area (Å²) >= 11 is 0. The van der Waals surface area contributed by atoms with Crippen LogP contribution in [-0.2, 0) is 22.7 Å². The van der Waals surface area contributed by atoms with Crippen molar-refractivity contribution in [3.8, 4) is 5.75 Å². The van der Waals surface area contributed by atoms with E-state index in [1.165, 1.54) is 17.0 Å². The van der Waals surface area contributed by atoms with Gasteiger partial charge in [0.25, 0.3) is 0 Å². The van der Waals surface area contributed by atoms with Crippen molar-refractivity contribution < 1.29 is 24.2 Å². The van der Waals surface area contributed by atoms with E-state index in [0.29, 0.717) is 12.0 Å². The average Bonchev–Trinajstić information content (AvgIpc) is 3.04. The molecule has 9 nitrogen and oxygen atoms in total. The molecule has 0 spiro atoms. The van der Waals surface area contributed by atoms with E-state index in [0.717, 1.165) is 16.7 Å². The van der Waals surface area contributed by atoms with Gasteiger partial charge >= 0.3 is 12.1 Å². The van der Waals surface area contributed by atoms with Crippen LogP contribution < -0.4 is 16.4 Å². The van der Waals surface area contributed by atoms with Crippen LogP contribution in [0.3, 0.4) is 0 Å². The SMILES string of the molecule is NC(=O)[C@@H](CCCNC(=O)OCc1ccccc1)N(Cc1ccc(O)cc1)C(=O)NC(c1ccccc1)c1ccccc1. The van der Waals surface area contributed by atoms with Crippen molar-refractivity contribution in [1.29, 1.82) is 0 Å². The highest BCUT2D eigenvalue weighted by Crippen LogP contribution is 2.23. The number of urea groups is 1. The summed E-state index contributed by atoms with van der Waals surface area (Å²) in [4.78, 5) is 40.3. The van der Waals surface area contributed by atoms with E-state index >= 15 is 0 Å². The van der Waals surface area contributed by atoms with Crippen LogP contribution in [0.5, 0.6) is 5.75 Å². The fraction of sp³-hybridized carbons (Fsp3) is 0.206. The van der Waals surface area contributed by atoms with Crippen molar-refractivity contribution in [2.24, 2.45) is 5.73 Å². The van der Waals surface area contributed by atoms with Gasteiger partial charge in [0.15, 0.2) is 0 Å². The molecule has 0 aliphatic heterocycles. The molecule has 0 bridgehead atoms. The predicted molar refractivity (Wildman–Crippen MR) is 164 cm³/mol. The van der Waals surface area contributed by atoms with Gasteiger partial charge in [-0.05, 0) is 47.2 Å². The second-order valence-corrected chi connectivity index (χ2v) is 10.0. The molecule has 0 saturated carbocycles. The fourth-order valence-electron chi connectivity index (χ4n) is 4.69. The van der Waals surface area contributed by atoms with Crippen LogP contribution in [0.15, 0.2) is 115 Å². The van der Waals surface area contributed by atoms with Gasteiger partial charge in [0.1, 0.15) is 18.4 Å². The molecule has 0 unspecified atom stereocenters. The molecule has 222 valence electrons. The number of aromatic hydroxyl groups is 1. The largest absolute Gasteiger partial charge is 0.508 e. The number of hydrogen-bond donors (Lipinski definition) is 4. The maximum atomic E-state index is 13.9. The molecule has 4 aromatic rings. The Morgan fingerprint density at radius 2 is 1.33 bits per heavy atom. The third-order valence-electron chi connectivity index (χ3n) is 6.92. The van der Waals surface area contributed by atoms with Crippen molar-refractivity contribution in [3.63, 3.8) is 0 Å². The smallest absolute Gasteiger partial charge is 0.407 e. The van der Waals surface area contributed by atoms with Crippen LogP contribution in [0, 0.1) is 0 Å². The Morgan fingerprint density at radius 3 is 1.88 bits per heavy atom. The first-order valence-corrected chi connectivity index (χ1v) is 14.1. The number of nitrogens with zero attached hydrogens (tertiary/aromatic N) is 1. The summed E-state index contributed by atoms with van der Waals surface area (Å²) in [5, 5.41) is 15.5. The maximum absolute atomic E-state index is 13.9. The molecule has 0 aliphatic rings. The molecule has 43 heavy (non-hydrogen) atoms. The average molecular weight is 581 g/mol. The maximum Gasteiger partial charge on any atom is 0.407 e. The van der Waals surface area contributed by atoms with Crippen molar-refractivity contribution in [3.05, 3.63) is 138 Å². The van der Waals surface area contributed by atoms with Crippen LogP contribution >= 0.6 is 0 Å². The first-order valence-electron chi connectivity index (χ1n) is 14.1. The van der Waals surface area contributed by atoms with Crippen molar-refractivity contribution >= 4 is 18.0 Å². The number of ether oxygens (including phenoxy) is 1.